The van der Waals surface area contributed by atoms with E-state index in [1.807, 2.05) is 30.3 Å². The maximum Gasteiger partial charge on any atom is 0.295 e. The lowest BCUT2D eigenvalue weighted by molar-refractivity contribution is 0.190. The van der Waals surface area contributed by atoms with Gasteiger partial charge in [0.05, 0.1) is 35.0 Å². The van der Waals surface area contributed by atoms with Crippen molar-refractivity contribution < 1.29 is 13.5 Å². The predicted octanol–water partition coefficient (Wildman–Crippen LogP) is 0.0542. The highest BCUT2D eigenvalue weighted by Crippen LogP contribution is 2.20. The molecule has 1 saturated heterocycles. The first-order valence-electron chi connectivity index (χ1n) is 7.29. The maximum absolute atomic E-state index is 12.7. The molecule has 124 valence electrons. The van der Waals surface area contributed by atoms with E-state index in [0.717, 1.165) is 5.69 Å². The zero-order chi connectivity index (χ0) is 16.8. The predicted molar refractivity (Wildman–Crippen MR) is 87.8 cm³/mol. The van der Waals surface area contributed by atoms with Crippen molar-refractivity contribution in [3.63, 3.8) is 0 Å². The van der Waals surface area contributed by atoms with Gasteiger partial charge in [0, 0.05) is 7.05 Å². The number of nitrogens with one attached hydrogen (secondary N) is 1. The van der Waals surface area contributed by atoms with E-state index >= 15 is 0 Å². The van der Waals surface area contributed by atoms with Crippen LogP contribution in [0.2, 0.25) is 0 Å². The maximum atomic E-state index is 12.7. The molecule has 7 nitrogen and oxygen atoms in total. The third kappa shape index (κ3) is 2.79. The van der Waals surface area contributed by atoms with E-state index in [2.05, 4.69) is 5.32 Å². The first-order chi connectivity index (χ1) is 10.8. The smallest absolute Gasteiger partial charge is 0.295 e. The van der Waals surface area contributed by atoms with Crippen molar-refractivity contribution in [2.24, 2.45) is 7.05 Å². The van der Waals surface area contributed by atoms with Crippen molar-refractivity contribution in [1.82, 2.24) is 9.36 Å². The Labute approximate surface area is 134 Å². The molecule has 0 amide bonds. The van der Waals surface area contributed by atoms with Gasteiger partial charge in [0.15, 0.2) is 9.84 Å². The minimum Gasteiger partial charge on any atom is -0.390 e. The van der Waals surface area contributed by atoms with E-state index in [4.69, 9.17) is 0 Å². The number of anilines is 1. The molecule has 1 aromatic carbocycles. The summed E-state index contributed by atoms with van der Waals surface area (Å²) in [6.07, 6.45) is -1.01. The molecule has 23 heavy (non-hydrogen) atoms. The number of aliphatic hydroxyl groups is 1. The van der Waals surface area contributed by atoms with Gasteiger partial charge in [-0.15, -0.1) is 0 Å². The average molecular weight is 337 g/mol. The van der Waals surface area contributed by atoms with E-state index in [9.17, 15) is 18.3 Å². The van der Waals surface area contributed by atoms with E-state index in [-0.39, 0.29) is 17.1 Å². The van der Waals surface area contributed by atoms with Crippen molar-refractivity contribution in [2.45, 2.75) is 19.1 Å². The van der Waals surface area contributed by atoms with Crippen LogP contribution in [0.25, 0.3) is 5.69 Å². The van der Waals surface area contributed by atoms with E-state index in [0.29, 0.717) is 11.4 Å². The standard InChI is InChI=1S/C15H19N3O4S/c1-10-14(16-12-8-23(21,22)9-13(12)19)15(20)18(17(10)2)11-6-4-3-5-7-11/h3-7,12-13,16,19H,8-9H2,1-2H3. The minimum absolute atomic E-state index is 0.173. The molecular weight excluding hydrogens is 318 g/mol. The van der Waals surface area contributed by atoms with Crippen molar-refractivity contribution >= 4 is 15.5 Å². The topological polar surface area (TPSA) is 93.3 Å². The number of para-hydroxylation sites is 1. The van der Waals surface area contributed by atoms with E-state index < -0.39 is 22.0 Å². The van der Waals surface area contributed by atoms with Gasteiger partial charge in [-0.25, -0.2) is 13.1 Å². The second-order valence-corrected chi connectivity index (χ2v) is 7.99. The Hall–Kier alpha value is -2.06. The number of rotatable bonds is 3. The molecule has 2 atom stereocenters. The van der Waals surface area contributed by atoms with Crippen LogP contribution in [-0.4, -0.2) is 46.5 Å². The van der Waals surface area contributed by atoms with Crippen molar-refractivity contribution in [2.75, 3.05) is 16.8 Å². The largest absolute Gasteiger partial charge is 0.390 e. The molecule has 1 aliphatic heterocycles. The molecule has 1 aliphatic rings. The van der Waals surface area contributed by atoms with Crippen molar-refractivity contribution in [3.05, 3.63) is 46.4 Å². The fourth-order valence-corrected chi connectivity index (χ4v) is 4.63. The van der Waals surface area contributed by atoms with Crippen LogP contribution in [-0.2, 0) is 16.9 Å². The van der Waals surface area contributed by atoms with Gasteiger partial charge in [0.1, 0.15) is 5.69 Å². The summed E-state index contributed by atoms with van der Waals surface area (Å²) >= 11 is 0. The van der Waals surface area contributed by atoms with Crippen LogP contribution < -0.4 is 10.9 Å². The first-order valence-corrected chi connectivity index (χ1v) is 9.11. The summed E-state index contributed by atoms with van der Waals surface area (Å²) < 4.78 is 26.4. The molecule has 0 aliphatic carbocycles. The zero-order valence-corrected chi connectivity index (χ0v) is 13.7. The van der Waals surface area contributed by atoms with E-state index in [1.165, 1.54) is 4.68 Å². The zero-order valence-electron chi connectivity index (χ0n) is 12.9. The molecule has 2 unspecified atom stereocenters. The number of aromatic nitrogens is 2. The highest BCUT2D eigenvalue weighted by molar-refractivity contribution is 7.91. The van der Waals surface area contributed by atoms with Crippen LogP contribution in [0.4, 0.5) is 5.69 Å². The first kappa shape index (κ1) is 15.8. The second-order valence-electron chi connectivity index (χ2n) is 5.83. The van der Waals surface area contributed by atoms with Gasteiger partial charge in [0.2, 0.25) is 0 Å². The molecule has 0 saturated carbocycles. The van der Waals surface area contributed by atoms with Gasteiger partial charge in [-0.2, -0.15) is 0 Å². The molecule has 1 aromatic heterocycles. The molecule has 8 heteroatoms. The fraction of sp³-hybridized carbons (Fsp3) is 0.400. The normalized spacial score (nSPS) is 23.1. The minimum atomic E-state index is -3.27. The number of aliphatic hydroxyl groups excluding tert-OH is 1. The van der Waals surface area contributed by atoms with Gasteiger partial charge in [0.25, 0.3) is 5.56 Å². The molecule has 2 aromatic rings. The van der Waals surface area contributed by atoms with Crippen LogP contribution in [0.1, 0.15) is 5.69 Å². The van der Waals surface area contributed by atoms with Crippen molar-refractivity contribution in [1.29, 1.82) is 0 Å². The van der Waals surface area contributed by atoms with Crippen LogP contribution in [0, 0.1) is 6.92 Å². The van der Waals surface area contributed by atoms with Crippen LogP contribution in [0.5, 0.6) is 0 Å². The lowest BCUT2D eigenvalue weighted by Crippen LogP contribution is -2.34. The highest BCUT2D eigenvalue weighted by atomic mass is 32.2. The summed E-state index contributed by atoms with van der Waals surface area (Å²) in [5.74, 6) is -0.448. The molecule has 0 radical (unpaired) electrons. The highest BCUT2D eigenvalue weighted by Gasteiger charge is 2.37. The van der Waals surface area contributed by atoms with Gasteiger partial charge in [-0.05, 0) is 19.1 Å². The monoisotopic (exact) mass is 337 g/mol. The second kappa shape index (κ2) is 5.54. The number of hydrogen-bond acceptors (Lipinski definition) is 5. The fourth-order valence-electron chi connectivity index (χ4n) is 2.89. The molecule has 1 fully saturated rings. The van der Waals surface area contributed by atoms with Gasteiger partial charge < -0.3 is 10.4 Å². The lowest BCUT2D eigenvalue weighted by Gasteiger charge is -2.14. The summed E-state index contributed by atoms with van der Waals surface area (Å²) in [4.78, 5) is 12.7. The summed E-state index contributed by atoms with van der Waals surface area (Å²) in [7, 11) is -1.51. The van der Waals surface area contributed by atoms with Crippen molar-refractivity contribution in [3.8, 4) is 5.69 Å². The molecule has 2 heterocycles. The quantitative estimate of drug-likeness (QED) is 0.826. The Morgan fingerprint density at radius 2 is 1.87 bits per heavy atom. The molecule has 2 N–H and O–H groups in total. The number of benzene rings is 1. The number of nitrogens with zero attached hydrogens (tertiary/aromatic N) is 2. The number of hydrogen-bond donors (Lipinski definition) is 2. The SMILES string of the molecule is Cc1c(NC2CS(=O)(=O)CC2O)c(=O)n(-c2ccccc2)n1C. The summed E-state index contributed by atoms with van der Waals surface area (Å²) in [5, 5.41) is 12.8. The Bertz CT molecular complexity index is 883. The Morgan fingerprint density at radius 1 is 1.22 bits per heavy atom. The third-order valence-corrected chi connectivity index (χ3v) is 5.92. The third-order valence-electron chi connectivity index (χ3n) is 4.21. The van der Waals surface area contributed by atoms with Crippen LogP contribution in [0.3, 0.4) is 0 Å². The Morgan fingerprint density at radius 3 is 2.43 bits per heavy atom. The summed E-state index contributed by atoms with van der Waals surface area (Å²) in [6, 6.07) is 8.51. The lowest BCUT2D eigenvalue weighted by atomic mass is 10.2. The average Bonchev–Trinajstić information content (AvgIpc) is 2.87. The van der Waals surface area contributed by atoms with Crippen LogP contribution >= 0.6 is 0 Å². The Balaban J connectivity index is 2.01. The van der Waals surface area contributed by atoms with Gasteiger partial charge in [-0.3, -0.25) is 9.48 Å². The Kier molecular flexibility index (Phi) is 3.81. The molecular formula is C15H19N3O4S. The molecule has 0 bridgehead atoms. The molecule has 3 rings (SSSR count). The van der Waals surface area contributed by atoms with Crippen LogP contribution in [0.15, 0.2) is 35.1 Å². The van der Waals surface area contributed by atoms with E-state index in [1.54, 1.807) is 18.7 Å². The molecule has 0 spiro atoms. The van der Waals surface area contributed by atoms with Gasteiger partial charge in [-0.1, -0.05) is 18.2 Å². The summed E-state index contributed by atoms with van der Waals surface area (Å²) in [6.45, 7) is 1.78. The van der Waals surface area contributed by atoms with Gasteiger partial charge >= 0.3 is 0 Å². The summed E-state index contributed by atoms with van der Waals surface area (Å²) in [5.41, 5.74) is 1.44. The number of sulfone groups is 1.